The number of rotatable bonds is 4. The van der Waals surface area contributed by atoms with Crippen LogP contribution in [0.1, 0.15) is 22.3 Å². The molecule has 4 rings (SSSR count). The summed E-state index contributed by atoms with van der Waals surface area (Å²) in [5.41, 5.74) is 4.92. The molecular formula is C19H17N5OS. The Morgan fingerprint density at radius 3 is 2.69 bits per heavy atom. The maximum atomic E-state index is 12.5. The van der Waals surface area contributed by atoms with Gasteiger partial charge in [0.05, 0.1) is 16.2 Å². The number of thiazole rings is 1. The fraction of sp³-hybridized carbons (Fsp3) is 0.158. The van der Waals surface area contributed by atoms with Crippen LogP contribution >= 0.6 is 11.3 Å². The third kappa shape index (κ3) is 3.09. The van der Waals surface area contributed by atoms with Crippen LogP contribution in [0.5, 0.6) is 0 Å². The average molecular weight is 363 g/mol. The van der Waals surface area contributed by atoms with E-state index in [4.69, 9.17) is 0 Å². The van der Waals surface area contributed by atoms with Crippen LogP contribution in [0.2, 0.25) is 0 Å². The number of aryl methyl sites for hydroxylation is 2. The summed E-state index contributed by atoms with van der Waals surface area (Å²) in [5, 5.41) is 14.2. The summed E-state index contributed by atoms with van der Waals surface area (Å²) in [6, 6.07) is 13.1. The monoisotopic (exact) mass is 363 g/mol. The molecule has 0 fully saturated rings. The molecule has 0 bridgehead atoms. The Bertz CT molecular complexity index is 1080. The molecule has 0 unspecified atom stereocenters. The molecule has 0 aliphatic rings. The number of amides is 1. The van der Waals surface area contributed by atoms with E-state index in [1.807, 2.05) is 49.6 Å². The summed E-state index contributed by atoms with van der Waals surface area (Å²) >= 11 is 1.62. The molecule has 0 radical (unpaired) electrons. The van der Waals surface area contributed by atoms with Gasteiger partial charge in [-0.2, -0.15) is 0 Å². The van der Waals surface area contributed by atoms with Crippen molar-refractivity contribution >= 4 is 34.0 Å². The number of nitrogens with zero attached hydrogens (tertiary/aromatic N) is 4. The highest BCUT2D eigenvalue weighted by molar-refractivity contribution is 7.09. The first kappa shape index (κ1) is 16.4. The minimum atomic E-state index is -0.171. The summed E-state index contributed by atoms with van der Waals surface area (Å²) in [6.07, 6.45) is 0. The van der Waals surface area contributed by atoms with Gasteiger partial charge >= 0.3 is 0 Å². The van der Waals surface area contributed by atoms with Crippen molar-refractivity contribution in [2.75, 3.05) is 5.32 Å². The van der Waals surface area contributed by atoms with Crippen LogP contribution in [0.15, 0.2) is 47.8 Å². The van der Waals surface area contributed by atoms with Gasteiger partial charge in [-0.25, -0.2) is 9.67 Å². The lowest BCUT2D eigenvalue weighted by Gasteiger charge is -2.06. The van der Waals surface area contributed by atoms with E-state index in [1.165, 1.54) is 0 Å². The molecule has 6 nitrogen and oxygen atoms in total. The number of anilines is 1. The number of carbonyl (C=O) groups is 1. The minimum absolute atomic E-state index is 0.171. The van der Waals surface area contributed by atoms with Crippen molar-refractivity contribution in [2.45, 2.75) is 20.4 Å². The number of nitrogens with one attached hydrogen (secondary N) is 1. The van der Waals surface area contributed by atoms with Gasteiger partial charge in [0.15, 0.2) is 0 Å². The molecule has 2 aromatic carbocycles. The van der Waals surface area contributed by atoms with E-state index in [1.54, 1.807) is 28.2 Å². The highest BCUT2D eigenvalue weighted by Crippen LogP contribution is 2.23. The zero-order chi connectivity index (χ0) is 18.1. The predicted octanol–water partition coefficient (Wildman–Crippen LogP) is 4.14. The topological polar surface area (TPSA) is 72.7 Å². The Morgan fingerprint density at radius 1 is 1.19 bits per heavy atom. The summed E-state index contributed by atoms with van der Waals surface area (Å²) in [4.78, 5) is 17.0. The summed E-state index contributed by atoms with van der Waals surface area (Å²) in [6.45, 7) is 4.73. The lowest BCUT2D eigenvalue weighted by Crippen LogP contribution is -2.11. The molecule has 1 N–H and O–H groups in total. The third-order valence-electron chi connectivity index (χ3n) is 4.13. The van der Waals surface area contributed by atoms with E-state index >= 15 is 0 Å². The quantitative estimate of drug-likeness (QED) is 0.591. The highest BCUT2D eigenvalue weighted by atomic mass is 32.1. The van der Waals surface area contributed by atoms with Gasteiger partial charge in [0.1, 0.15) is 5.52 Å². The normalized spacial score (nSPS) is 11.0. The van der Waals surface area contributed by atoms with Crippen LogP contribution in [-0.2, 0) is 6.54 Å². The Hall–Kier alpha value is -3.06. The van der Waals surface area contributed by atoms with Crippen LogP contribution in [0.4, 0.5) is 5.69 Å². The number of benzene rings is 2. The largest absolute Gasteiger partial charge is 0.322 e. The van der Waals surface area contributed by atoms with Crippen LogP contribution < -0.4 is 5.32 Å². The van der Waals surface area contributed by atoms with Gasteiger partial charge in [-0.05, 0) is 44.2 Å². The maximum Gasteiger partial charge on any atom is 0.255 e. The third-order valence-corrected chi connectivity index (χ3v) is 4.91. The zero-order valence-corrected chi connectivity index (χ0v) is 15.2. The fourth-order valence-corrected chi connectivity index (χ4v) is 3.39. The standard InChI is InChI=1S/C19H17N5OS/c1-3-24-18-9-6-14(10-16(18)22-23-24)19(25)21-15-7-4-13(5-8-15)17-11-26-12(2)20-17/h4-11H,3H2,1-2H3,(H,21,25). The second-order valence-corrected chi connectivity index (χ2v) is 6.95. The molecule has 0 aliphatic carbocycles. The van der Waals surface area contributed by atoms with E-state index in [-0.39, 0.29) is 5.91 Å². The molecule has 2 heterocycles. The SMILES string of the molecule is CCn1nnc2cc(C(=O)Nc3ccc(-c4csc(C)n4)cc3)ccc21. The predicted molar refractivity (Wildman–Crippen MR) is 103 cm³/mol. The Labute approximate surface area is 154 Å². The van der Waals surface area contributed by atoms with Crippen LogP contribution in [0, 0.1) is 6.92 Å². The lowest BCUT2D eigenvalue weighted by molar-refractivity contribution is 0.102. The zero-order valence-electron chi connectivity index (χ0n) is 14.4. The fourth-order valence-electron chi connectivity index (χ4n) is 2.77. The molecule has 0 aliphatic heterocycles. The smallest absolute Gasteiger partial charge is 0.255 e. The van der Waals surface area contributed by atoms with Crippen molar-refractivity contribution in [1.29, 1.82) is 0 Å². The van der Waals surface area contributed by atoms with E-state index in [9.17, 15) is 4.79 Å². The molecule has 0 atom stereocenters. The van der Waals surface area contributed by atoms with E-state index < -0.39 is 0 Å². The molecule has 4 aromatic rings. The van der Waals surface area contributed by atoms with Crippen LogP contribution in [0.3, 0.4) is 0 Å². The Balaban J connectivity index is 1.52. The van der Waals surface area contributed by atoms with E-state index in [0.717, 1.165) is 34.0 Å². The van der Waals surface area contributed by atoms with Gasteiger partial charge in [0, 0.05) is 28.7 Å². The van der Waals surface area contributed by atoms with Crippen LogP contribution in [-0.4, -0.2) is 25.9 Å². The molecule has 0 saturated heterocycles. The van der Waals surface area contributed by atoms with Gasteiger partial charge in [-0.1, -0.05) is 17.3 Å². The first-order valence-electron chi connectivity index (χ1n) is 8.31. The second-order valence-electron chi connectivity index (χ2n) is 5.89. The number of carbonyl (C=O) groups excluding carboxylic acids is 1. The molecule has 7 heteroatoms. The average Bonchev–Trinajstić information content (AvgIpc) is 3.27. The lowest BCUT2D eigenvalue weighted by atomic mass is 10.1. The van der Waals surface area contributed by atoms with Crippen molar-refractivity contribution in [2.24, 2.45) is 0 Å². The maximum absolute atomic E-state index is 12.5. The molecule has 2 aromatic heterocycles. The van der Waals surface area contributed by atoms with Crippen LogP contribution in [0.25, 0.3) is 22.3 Å². The summed E-state index contributed by atoms with van der Waals surface area (Å²) in [7, 11) is 0. The van der Waals surface area contributed by atoms with Gasteiger partial charge in [-0.3, -0.25) is 4.79 Å². The Kier molecular flexibility index (Phi) is 4.22. The van der Waals surface area contributed by atoms with E-state index in [0.29, 0.717) is 11.1 Å². The molecular weight excluding hydrogens is 346 g/mol. The van der Waals surface area contributed by atoms with Gasteiger partial charge in [0.2, 0.25) is 0 Å². The molecule has 0 spiro atoms. The van der Waals surface area contributed by atoms with E-state index in [2.05, 4.69) is 20.6 Å². The second kappa shape index (κ2) is 6.68. The summed E-state index contributed by atoms with van der Waals surface area (Å²) in [5.74, 6) is -0.171. The number of fused-ring (bicyclic) bond motifs is 1. The van der Waals surface area contributed by atoms with Gasteiger partial charge < -0.3 is 5.32 Å². The first-order valence-corrected chi connectivity index (χ1v) is 9.19. The van der Waals surface area contributed by atoms with Crippen molar-refractivity contribution in [3.63, 3.8) is 0 Å². The van der Waals surface area contributed by atoms with Crippen molar-refractivity contribution in [3.8, 4) is 11.3 Å². The molecule has 130 valence electrons. The number of aromatic nitrogens is 4. The molecule has 0 saturated carbocycles. The van der Waals surface area contributed by atoms with Gasteiger partial charge in [-0.15, -0.1) is 16.4 Å². The first-order chi connectivity index (χ1) is 12.6. The minimum Gasteiger partial charge on any atom is -0.322 e. The molecule has 26 heavy (non-hydrogen) atoms. The molecule has 1 amide bonds. The Morgan fingerprint density at radius 2 is 2.00 bits per heavy atom. The summed E-state index contributed by atoms with van der Waals surface area (Å²) < 4.78 is 1.80. The number of hydrogen-bond acceptors (Lipinski definition) is 5. The van der Waals surface area contributed by atoms with Crippen molar-refractivity contribution in [3.05, 3.63) is 58.4 Å². The number of hydrogen-bond donors (Lipinski definition) is 1. The highest BCUT2D eigenvalue weighted by Gasteiger charge is 2.10. The van der Waals surface area contributed by atoms with Crippen molar-refractivity contribution in [1.82, 2.24) is 20.0 Å². The van der Waals surface area contributed by atoms with Gasteiger partial charge in [0.25, 0.3) is 5.91 Å². The van der Waals surface area contributed by atoms with Crippen molar-refractivity contribution < 1.29 is 4.79 Å².